The third kappa shape index (κ3) is 1.55. The summed E-state index contributed by atoms with van der Waals surface area (Å²) in [6.07, 6.45) is 10.8. The molecule has 0 amide bonds. The molecule has 1 aromatic carbocycles. The molecule has 2 atom stereocenters. The monoisotopic (exact) mass is 278 g/mol. The fourth-order valence-corrected chi connectivity index (χ4v) is 4.90. The SMILES string of the molecule is CC12CCCC1(C)N(N)c1ccc(S(C)(C)C)cc12. The average Bonchev–Trinajstić information content (AvgIpc) is 2.71. The molecule has 1 aliphatic heterocycles. The first kappa shape index (κ1) is 13.3. The molecule has 3 heteroatoms. The summed E-state index contributed by atoms with van der Waals surface area (Å²) in [6.45, 7) is 4.75. The van der Waals surface area contributed by atoms with Gasteiger partial charge in [0.25, 0.3) is 0 Å². The van der Waals surface area contributed by atoms with Crippen LogP contribution in [0.2, 0.25) is 0 Å². The van der Waals surface area contributed by atoms with Crippen molar-refractivity contribution in [3.8, 4) is 0 Å². The Morgan fingerprint density at radius 3 is 2.47 bits per heavy atom. The number of nitrogens with zero attached hydrogens (tertiary/aromatic N) is 1. The predicted octanol–water partition coefficient (Wildman–Crippen LogP) is 3.63. The molecule has 19 heavy (non-hydrogen) atoms. The molecule has 0 bridgehead atoms. The second kappa shape index (κ2) is 3.70. The van der Waals surface area contributed by atoms with Gasteiger partial charge >= 0.3 is 0 Å². The molecule has 1 saturated carbocycles. The van der Waals surface area contributed by atoms with Crippen molar-refractivity contribution in [2.45, 2.75) is 49.0 Å². The standard InChI is InChI=1S/C16H26N2S/c1-15-9-6-10-16(15,2)18(17)14-8-7-12(11-13(14)15)19(3,4)5/h7-8,11H,6,9-10,17H2,1-5H3. The maximum atomic E-state index is 6.45. The van der Waals surface area contributed by atoms with Gasteiger partial charge in [0, 0.05) is 5.41 Å². The van der Waals surface area contributed by atoms with Gasteiger partial charge in [0.1, 0.15) is 0 Å². The maximum Gasteiger partial charge on any atom is 0.0627 e. The lowest BCUT2D eigenvalue weighted by atomic mass is 9.72. The van der Waals surface area contributed by atoms with E-state index in [-0.39, 0.29) is 11.0 Å². The molecule has 1 aromatic rings. The molecule has 2 aliphatic rings. The summed E-state index contributed by atoms with van der Waals surface area (Å²) in [4.78, 5) is 1.50. The number of nitrogens with two attached hydrogens (primary N) is 1. The highest BCUT2D eigenvalue weighted by molar-refractivity contribution is 8.32. The van der Waals surface area contributed by atoms with Crippen LogP contribution in [-0.4, -0.2) is 24.3 Å². The highest BCUT2D eigenvalue weighted by Gasteiger charge is 2.58. The summed E-state index contributed by atoms with van der Waals surface area (Å²) in [7, 11) is -0.676. The third-order valence-electron chi connectivity index (χ3n) is 5.59. The minimum absolute atomic E-state index is 0.0984. The summed E-state index contributed by atoms with van der Waals surface area (Å²) in [5, 5.41) is 2.05. The number of benzene rings is 1. The summed E-state index contributed by atoms with van der Waals surface area (Å²) in [5.74, 6) is 6.45. The number of rotatable bonds is 1. The van der Waals surface area contributed by atoms with Crippen LogP contribution in [-0.2, 0) is 5.41 Å². The normalized spacial score (nSPS) is 34.3. The van der Waals surface area contributed by atoms with Gasteiger partial charge < -0.3 is 5.01 Å². The smallest absolute Gasteiger partial charge is 0.0627 e. The first-order valence-electron chi connectivity index (χ1n) is 7.08. The van der Waals surface area contributed by atoms with Gasteiger partial charge in [-0.2, -0.15) is 0 Å². The largest absolute Gasteiger partial charge is 0.304 e. The van der Waals surface area contributed by atoms with E-state index in [0.717, 1.165) is 0 Å². The van der Waals surface area contributed by atoms with Crippen LogP contribution >= 0.6 is 10.0 Å². The first-order chi connectivity index (χ1) is 8.70. The molecular formula is C16H26N2S. The molecule has 2 unspecified atom stereocenters. The quantitative estimate of drug-likeness (QED) is 0.795. The minimum Gasteiger partial charge on any atom is -0.304 e. The zero-order valence-electron chi connectivity index (χ0n) is 12.8. The van der Waals surface area contributed by atoms with E-state index in [4.69, 9.17) is 5.84 Å². The molecule has 0 radical (unpaired) electrons. The summed E-state index contributed by atoms with van der Waals surface area (Å²) < 4.78 is 0. The fraction of sp³-hybridized carbons (Fsp3) is 0.625. The van der Waals surface area contributed by atoms with Crippen molar-refractivity contribution < 1.29 is 0 Å². The van der Waals surface area contributed by atoms with Crippen molar-refractivity contribution in [2.24, 2.45) is 5.84 Å². The number of hydrogen-bond donors (Lipinski definition) is 1. The van der Waals surface area contributed by atoms with Crippen LogP contribution in [0.5, 0.6) is 0 Å². The number of fused-ring (bicyclic) bond motifs is 3. The molecule has 106 valence electrons. The lowest BCUT2D eigenvalue weighted by Gasteiger charge is -2.39. The molecule has 0 aromatic heterocycles. The van der Waals surface area contributed by atoms with Crippen LogP contribution in [0, 0.1) is 0 Å². The maximum absolute atomic E-state index is 6.45. The predicted molar refractivity (Wildman–Crippen MR) is 86.3 cm³/mol. The Labute approximate surface area is 118 Å². The van der Waals surface area contributed by atoms with Crippen molar-refractivity contribution in [1.29, 1.82) is 0 Å². The van der Waals surface area contributed by atoms with Crippen LogP contribution in [0.3, 0.4) is 0 Å². The third-order valence-corrected chi connectivity index (χ3v) is 7.26. The first-order valence-corrected chi connectivity index (χ1v) is 9.94. The van der Waals surface area contributed by atoms with E-state index in [1.54, 1.807) is 0 Å². The van der Waals surface area contributed by atoms with Crippen LogP contribution in [0.4, 0.5) is 5.69 Å². The Morgan fingerprint density at radius 1 is 1.16 bits per heavy atom. The molecule has 0 spiro atoms. The van der Waals surface area contributed by atoms with Gasteiger partial charge in [-0.3, -0.25) is 0 Å². The molecule has 2 nitrogen and oxygen atoms in total. The van der Waals surface area contributed by atoms with E-state index >= 15 is 0 Å². The molecule has 3 rings (SSSR count). The van der Waals surface area contributed by atoms with E-state index in [1.165, 1.54) is 35.4 Å². The second-order valence-corrected chi connectivity index (χ2v) is 11.5. The molecule has 2 N–H and O–H groups in total. The second-order valence-electron chi connectivity index (χ2n) is 7.35. The zero-order valence-corrected chi connectivity index (χ0v) is 13.6. The van der Waals surface area contributed by atoms with E-state index in [2.05, 4.69) is 55.8 Å². The van der Waals surface area contributed by atoms with Gasteiger partial charge in [-0.15, -0.1) is 0 Å². The highest BCUT2D eigenvalue weighted by atomic mass is 32.3. The van der Waals surface area contributed by atoms with Crippen molar-refractivity contribution >= 4 is 15.7 Å². The Hall–Kier alpha value is -0.670. The van der Waals surface area contributed by atoms with Gasteiger partial charge in [0.2, 0.25) is 0 Å². The summed E-state index contributed by atoms with van der Waals surface area (Å²) in [5.41, 5.74) is 3.05. The van der Waals surface area contributed by atoms with Crippen LogP contribution < -0.4 is 10.9 Å². The van der Waals surface area contributed by atoms with Gasteiger partial charge in [0.05, 0.1) is 11.2 Å². The van der Waals surface area contributed by atoms with Crippen molar-refractivity contribution in [2.75, 3.05) is 23.8 Å². The topological polar surface area (TPSA) is 29.3 Å². The van der Waals surface area contributed by atoms with Crippen LogP contribution in [0.15, 0.2) is 23.1 Å². The van der Waals surface area contributed by atoms with Gasteiger partial charge in [0.15, 0.2) is 0 Å². The number of anilines is 1. The van der Waals surface area contributed by atoms with Crippen molar-refractivity contribution in [3.05, 3.63) is 23.8 Å². The molecule has 1 aliphatic carbocycles. The highest BCUT2D eigenvalue weighted by Crippen LogP contribution is 2.60. The molecule has 1 fully saturated rings. The zero-order chi connectivity index (χ0) is 14.1. The molecule has 1 heterocycles. The molecule has 0 saturated heterocycles. The number of hydrazine groups is 1. The van der Waals surface area contributed by atoms with Gasteiger partial charge in [-0.25, -0.2) is 15.9 Å². The summed E-state index contributed by atoms with van der Waals surface area (Å²) >= 11 is 0. The summed E-state index contributed by atoms with van der Waals surface area (Å²) in [6, 6.07) is 6.97. The van der Waals surface area contributed by atoms with Gasteiger partial charge in [-0.05, 0) is 67.2 Å². The lowest BCUT2D eigenvalue weighted by Crippen LogP contribution is -2.54. The van der Waals surface area contributed by atoms with Crippen LogP contribution in [0.1, 0.15) is 38.7 Å². The van der Waals surface area contributed by atoms with E-state index < -0.39 is 10.0 Å². The minimum atomic E-state index is -0.676. The van der Waals surface area contributed by atoms with E-state index in [0.29, 0.717) is 0 Å². The van der Waals surface area contributed by atoms with Crippen molar-refractivity contribution in [3.63, 3.8) is 0 Å². The van der Waals surface area contributed by atoms with E-state index in [9.17, 15) is 0 Å². The Bertz CT molecular complexity index is 534. The molecular weight excluding hydrogens is 252 g/mol. The van der Waals surface area contributed by atoms with Crippen LogP contribution in [0.25, 0.3) is 0 Å². The lowest BCUT2D eigenvalue weighted by molar-refractivity contribution is 0.313. The van der Waals surface area contributed by atoms with E-state index in [1.807, 2.05) is 0 Å². The fourth-order valence-electron chi connectivity index (χ4n) is 3.96. The average molecular weight is 278 g/mol. The number of hydrogen-bond acceptors (Lipinski definition) is 2. The van der Waals surface area contributed by atoms with Crippen molar-refractivity contribution in [1.82, 2.24) is 0 Å². The Balaban J connectivity index is 2.20. The van der Waals surface area contributed by atoms with Gasteiger partial charge in [-0.1, -0.05) is 13.3 Å². The Kier molecular flexibility index (Phi) is 2.60. The Morgan fingerprint density at radius 2 is 1.84 bits per heavy atom.